The molecule has 0 bridgehead atoms. The van der Waals surface area contributed by atoms with E-state index in [4.69, 9.17) is 0 Å². The van der Waals surface area contributed by atoms with E-state index in [0.29, 0.717) is 37.0 Å². The van der Waals surface area contributed by atoms with Gasteiger partial charge in [0, 0.05) is 19.3 Å². The lowest BCUT2D eigenvalue weighted by atomic mass is 10.1. The number of hydrogen-bond donors (Lipinski definition) is 3. The van der Waals surface area contributed by atoms with Crippen LogP contribution in [0.15, 0.2) is 60.8 Å². The van der Waals surface area contributed by atoms with E-state index < -0.39 is 0 Å². The monoisotopic (exact) mass is 362 g/mol. The second-order valence-corrected chi connectivity index (χ2v) is 6.09. The number of rotatable bonds is 8. The van der Waals surface area contributed by atoms with Gasteiger partial charge in [0.05, 0.1) is 6.42 Å². The molecular formula is C20H22N6O. The zero-order valence-corrected chi connectivity index (χ0v) is 15.1. The maximum absolute atomic E-state index is 12.0. The maximum Gasteiger partial charge on any atom is 0.224 e. The van der Waals surface area contributed by atoms with Gasteiger partial charge in [-0.1, -0.05) is 35.9 Å². The molecule has 0 aliphatic carbocycles. The number of carbonyl (C=O) groups excluding carboxylic acids is 1. The van der Waals surface area contributed by atoms with E-state index in [9.17, 15) is 4.79 Å². The molecule has 2 heterocycles. The summed E-state index contributed by atoms with van der Waals surface area (Å²) in [5.74, 6) is 1.98. The predicted octanol–water partition coefficient (Wildman–Crippen LogP) is 2.69. The summed E-state index contributed by atoms with van der Waals surface area (Å²) in [5, 5.41) is 17.3. The van der Waals surface area contributed by atoms with Gasteiger partial charge >= 0.3 is 0 Å². The third-order valence-electron chi connectivity index (χ3n) is 3.79. The number of nitrogens with one attached hydrogen (secondary N) is 3. The van der Waals surface area contributed by atoms with Gasteiger partial charge in [0.15, 0.2) is 5.82 Å². The first-order valence-corrected chi connectivity index (χ1v) is 8.77. The van der Waals surface area contributed by atoms with Crippen LogP contribution in [0, 0.1) is 6.92 Å². The van der Waals surface area contributed by atoms with Gasteiger partial charge in [-0.25, -0.2) is 4.98 Å². The van der Waals surface area contributed by atoms with Gasteiger partial charge in [-0.15, -0.1) is 10.2 Å². The average molecular weight is 362 g/mol. The lowest BCUT2D eigenvalue weighted by molar-refractivity contribution is -0.120. The van der Waals surface area contributed by atoms with Crippen molar-refractivity contribution in [3.8, 4) is 0 Å². The summed E-state index contributed by atoms with van der Waals surface area (Å²) in [6, 6.07) is 17.2. The van der Waals surface area contributed by atoms with Crippen molar-refractivity contribution >= 4 is 23.4 Å². The number of anilines is 3. The summed E-state index contributed by atoms with van der Waals surface area (Å²) in [7, 11) is 0. The van der Waals surface area contributed by atoms with Gasteiger partial charge in [0.25, 0.3) is 0 Å². The van der Waals surface area contributed by atoms with Gasteiger partial charge in [-0.3, -0.25) is 4.79 Å². The van der Waals surface area contributed by atoms with Crippen molar-refractivity contribution in [2.75, 3.05) is 23.7 Å². The highest BCUT2D eigenvalue weighted by Gasteiger charge is 2.03. The standard InChI is InChI=1S/C20H22N6O/c1-15-5-4-6-16(13-15)14-20(27)23-12-11-22-18-8-9-19(26-25-18)24-17-7-2-3-10-21-17/h2-10,13H,11-12,14H2,1H3,(H,22,25)(H,23,27)(H,21,24,26). The van der Waals surface area contributed by atoms with E-state index >= 15 is 0 Å². The second kappa shape index (κ2) is 9.28. The predicted molar refractivity (Wildman–Crippen MR) is 106 cm³/mol. The number of nitrogens with zero attached hydrogens (tertiary/aromatic N) is 3. The first-order chi connectivity index (χ1) is 13.2. The Kier molecular flexibility index (Phi) is 6.30. The molecule has 2 aromatic heterocycles. The fourth-order valence-electron chi connectivity index (χ4n) is 2.52. The molecule has 138 valence electrons. The number of pyridine rings is 1. The SMILES string of the molecule is Cc1cccc(CC(=O)NCCNc2ccc(Nc3ccccn3)nn2)c1. The average Bonchev–Trinajstić information content (AvgIpc) is 2.67. The zero-order valence-electron chi connectivity index (χ0n) is 15.1. The van der Waals surface area contributed by atoms with Crippen LogP contribution in [0.3, 0.4) is 0 Å². The van der Waals surface area contributed by atoms with Crippen molar-refractivity contribution in [2.24, 2.45) is 0 Å². The summed E-state index contributed by atoms with van der Waals surface area (Å²) in [6.07, 6.45) is 2.09. The fourth-order valence-corrected chi connectivity index (χ4v) is 2.52. The molecule has 27 heavy (non-hydrogen) atoms. The summed E-state index contributed by atoms with van der Waals surface area (Å²) >= 11 is 0. The zero-order chi connectivity index (χ0) is 18.9. The normalized spacial score (nSPS) is 10.3. The lowest BCUT2D eigenvalue weighted by Crippen LogP contribution is -2.30. The highest BCUT2D eigenvalue weighted by Crippen LogP contribution is 2.11. The molecule has 7 nitrogen and oxygen atoms in total. The first-order valence-electron chi connectivity index (χ1n) is 8.77. The molecule has 0 radical (unpaired) electrons. The Bertz CT molecular complexity index is 867. The Morgan fingerprint density at radius 3 is 2.52 bits per heavy atom. The molecule has 7 heteroatoms. The Morgan fingerprint density at radius 1 is 0.926 bits per heavy atom. The van der Waals surface area contributed by atoms with E-state index in [1.165, 1.54) is 0 Å². The lowest BCUT2D eigenvalue weighted by Gasteiger charge is -2.08. The van der Waals surface area contributed by atoms with Gasteiger partial charge in [0.2, 0.25) is 5.91 Å². The third kappa shape index (κ3) is 6.07. The molecule has 1 amide bonds. The van der Waals surface area contributed by atoms with Gasteiger partial charge in [-0.05, 0) is 36.8 Å². The number of hydrogen-bond acceptors (Lipinski definition) is 6. The van der Waals surface area contributed by atoms with Crippen molar-refractivity contribution < 1.29 is 4.79 Å². The number of aromatic nitrogens is 3. The number of aryl methyl sites for hydroxylation is 1. The van der Waals surface area contributed by atoms with Crippen LogP contribution in [0.2, 0.25) is 0 Å². The summed E-state index contributed by atoms with van der Waals surface area (Å²) in [6.45, 7) is 3.10. The molecule has 3 N–H and O–H groups in total. The summed E-state index contributed by atoms with van der Waals surface area (Å²) in [4.78, 5) is 16.1. The molecule has 0 saturated carbocycles. The van der Waals surface area contributed by atoms with Crippen LogP contribution in [-0.2, 0) is 11.2 Å². The second-order valence-electron chi connectivity index (χ2n) is 6.09. The van der Waals surface area contributed by atoms with Crippen LogP contribution in [0.25, 0.3) is 0 Å². The van der Waals surface area contributed by atoms with Crippen LogP contribution in [-0.4, -0.2) is 34.2 Å². The number of carbonyl (C=O) groups is 1. The van der Waals surface area contributed by atoms with Crippen LogP contribution in [0.4, 0.5) is 17.5 Å². The Balaban J connectivity index is 1.38. The van der Waals surface area contributed by atoms with Crippen molar-refractivity contribution in [3.63, 3.8) is 0 Å². The minimum absolute atomic E-state index is 0.00314. The quantitative estimate of drug-likeness (QED) is 0.534. The molecule has 1 aromatic carbocycles. The number of benzene rings is 1. The smallest absolute Gasteiger partial charge is 0.224 e. The molecular weight excluding hydrogens is 340 g/mol. The topological polar surface area (TPSA) is 91.8 Å². The molecule has 0 spiro atoms. The highest BCUT2D eigenvalue weighted by atomic mass is 16.1. The Morgan fingerprint density at radius 2 is 1.78 bits per heavy atom. The van der Waals surface area contributed by atoms with E-state index in [1.807, 2.05) is 61.5 Å². The van der Waals surface area contributed by atoms with Crippen molar-refractivity contribution in [1.29, 1.82) is 0 Å². The van der Waals surface area contributed by atoms with E-state index in [-0.39, 0.29) is 5.91 Å². The van der Waals surface area contributed by atoms with Crippen LogP contribution in [0.5, 0.6) is 0 Å². The van der Waals surface area contributed by atoms with Crippen molar-refractivity contribution in [2.45, 2.75) is 13.3 Å². The van der Waals surface area contributed by atoms with E-state index in [2.05, 4.69) is 31.1 Å². The minimum Gasteiger partial charge on any atom is -0.367 e. The summed E-state index contributed by atoms with van der Waals surface area (Å²) in [5.41, 5.74) is 2.17. The molecule has 0 aliphatic heterocycles. The van der Waals surface area contributed by atoms with E-state index in [0.717, 1.165) is 11.1 Å². The molecule has 0 atom stereocenters. The Labute approximate surface area is 158 Å². The molecule has 3 aromatic rings. The molecule has 0 unspecified atom stereocenters. The number of amides is 1. The largest absolute Gasteiger partial charge is 0.367 e. The fraction of sp³-hybridized carbons (Fsp3) is 0.200. The summed E-state index contributed by atoms with van der Waals surface area (Å²) < 4.78 is 0. The third-order valence-corrected chi connectivity index (χ3v) is 3.79. The molecule has 0 fully saturated rings. The van der Waals surface area contributed by atoms with Gasteiger partial charge < -0.3 is 16.0 Å². The minimum atomic E-state index is 0.00314. The molecule has 0 aliphatic rings. The van der Waals surface area contributed by atoms with Crippen molar-refractivity contribution in [3.05, 3.63) is 71.9 Å². The van der Waals surface area contributed by atoms with Crippen LogP contribution >= 0.6 is 0 Å². The first kappa shape index (κ1) is 18.3. The van der Waals surface area contributed by atoms with Crippen LogP contribution in [0.1, 0.15) is 11.1 Å². The molecule has 0 saturated heterocycles. The van der Waals surface area contributed by atoms with Gasteiger partial charge in [0.1, 0.15) is 11.6 Å². The van der Waals surface area contributed by atoms with Crippen LogP contribution < -0.4 is 16.0 Å². The molecule has 3 rings (SSSR count). The Hall–Kier alpha value is -3.48. The van der Waals surface area contributed by atoms with E-state index in [1.54, 1.807) is 6.20 Å². The van der Waals surface area contributed by atoms with Gasteiger partial charge in [-0.2, -0.15) is 0 Å². The van der Waals surface area contributed by atoms with Crippen molar-refractivity contribution in [1.82, 2.24) is 20.5 Å². The highest BCUT2D eigenvalue weighted by molar-refractivity contribution is 5.78. The maximum atomic E-state index is 12.0.